The van der Waals surface area contributed by atoms with Crippen LogP contribution in [0.2, 0.25) is 0 Å². The predicted octanol–water partition coefficient (Wildman–Crippen LogP) is 3.63. The summed E-state index contributed by atoms with van der Waals surface area (Å²) in [6.45, 7) is 8.25. The fraction of sp³-hybridized carbons (Fsp3) is 0.276. The maximum atomic E-state index is 12.0. The number of benzene rings is 2. The first kappa shape index (κ1) is 28.7. The summed E-state index contributed by atoms with van der Waals surface area (Å²) < 4.78 is 6.69. The molecule has 0 radical (unpaired) electrons. The number of carbonyl (C=O) groups excluding carboxylic acids is 2. The number of hydrogen-bond donors (Lipinski definition) is 5. The van der Waals surface area contributed by atoms with Crippen LogP contribution in [0.1, 0.15) is 61.4 Å². The molecule has 7 N–H and O–H groups in total. The number of nitrogens with two attached hydrogens (primary N) is 2. The van der Waals surface area contributed by atoms with Crippen LogP contribution >= 0.6 is 0 Å². The second-order valence-electron chi connectivity index (χ2n) is 10.2. The van der Waals surface area contributed by atoms with Crippen molar-refractivity contribution in [2.24, 2.45) is 5.73 Å². The molecule has 41 heavy (non-hydrogen) atoms. The van der Waals surface area contributed by atoms with Crippen LogP contribution in [-0.4, -0.2) is 43.8 Å². The number of aromatic nitrogens is 4. The highest BCUT2D eigenvalue weighted by Crippen LogP contribution is 2.19. The standard InChI is InChI=1S/C29H33N9O3/c1-5-14-32-26-20(16-33-27(37-26)35-21-11-9-19(10-12-21)25(30)39)8-6-18-7-13-22-23(15-18)38(31)24(36-22)17-34-28(40)41-29(2,3)4/h7,9-13,15-16H,5,14,17,31H2,1-4H3,(H2,30,39)(H,34,40)(H2,32,33,35,37). The highest BCUT2D eigenvalue weighted by atomic mass is 16.6. The molecule has 212 valence electrons. The molecular weight excluding hydrogens is 522 g/mol. The zero-order valence-corrected chi connectivity index (χ0v) is 23.4. The number of imidazole rings is 1. The maximum absolute atomic E-state index is 12.0. The Morgan fingerprint density at radius 3 is 2.51 bits per heavy atom. The molecule has 4 aromatic rings. The Balaban J connectivity index is 1.53. The Kier molecular flexibility index (Phi) is 8.57. The second-order valence-corrected chi connectivity index (χ2v) is 10.2. The van der Waals surface area contributed by atoms with Crippen LogP contribution in [0, 0.1) is 11.8 Å². The Labute approximate surface area is 237 Å². The Morgan fingerprint density at radius 1 is 1.07 bits per heavy atom. The monoisotopic (exact) mass is 555 g/mol. The van der Waals surface area contributed by atoms with Crippen molar-refractivity contribution in [2.45, 2.75) is 46.3 Å². The summed E-state index contributed by atoms with van der Waals surface area (Å²) in [5.74, 6) is 13.5. The van der Waals surface area contributed by atoms with Gasteiger partial charge in [0.25, 0.3) is 0 Å². The lowest BCUT2D eigenvalue weighted by Crippen LogP contribution is -2.33. The number of anilines is 3. The number of nitrogen functional groups attached to an aromatic ring is 1. The number of alkyl carbamates (subject to hydrolysis) is 1. The van der Waals surface area contributed by atoms with E-state index in [1.54, 1.807) is 51.2 Å². The van der Waals surface area contributed by atoms with Crippen molar-refractivity contribution in [3.05, 3.63) is 71.2 Å². The van der Waals surface area contributed by atoms with Crippen molar-refractivity contribution in [3.8, 4) is 11.8 Å². The van der Waals surface area contributed by atoms with Gasteiger partial charge in [-0.15, -0.1) is 0 Å². The van der Waals surface area contributed by atoms with Crippen LogP contribution < -0.4 is 27.5 Å². The van der Waals surface area contributed by atoms with E-state index in [2.05, 4.69) is 49.7 Å². The number of fused-ring (bicyclic) bond motifs is 1. The first-order chi connectivity index (χ1) is 19.5. The average molecular weight is 556 g/mol. The van der Waals surface area contributed by atoms with Crippen LogP contribution in [-0.2, 0) is 11.3 Å². The van der Waals surface area contributed by atoms with Crippen molar-refractivity contribution in [3.63, 3.8) is 0 Å². The molecule has 12 heteroatoms. The average Bonchev–Trinajstić information content (AvgIpc) is 3.24. The van der Waals surface area contributed by atoms with Crippen LogP contribution in [0.4, 0.5) is 22.2 Å². The third kappa shape index (κ3) is 7.63. The highest BCUT2D eigenvalue weighted by Gasteiger charge is 2.17. The number of nitrogens with zero attached hydrogens (tertiary/aromatic N) is 4. The van der Waals surface area contributed by atoms with E-state index in [0.29, 0.717) is 57.5 Å². The number of carbonyl (C=O) groups is 2. The number of rotatable bonds is 8. The summed E-state index contributed by atoms with van der Waals surface area (Å²) >= 11 is 0. The molecule has 0 bridgehead atoms. The van der Waals surface area contributed by atoms with Crippen molar-refractivity contribution in [1.82, 2.24) is 24.9 Å². The smallest absolute Gasteiger partial charge is 0.408 e. The number of ether oxygens (including phenoxy) is 1. The summed E-state index contributed by atoms with van der Waals surface area (Å²) in [5.41, 5.74) is 8.51. The third-order valence-electron chi connectivity index (χ3n) is 5.65. The zero-order valence-electron chi connectivity index (χ0n) is 23.4. The van der Waals surface area contributed by atoms with Gasteiger partial charge in [0.2, 0.25) is 11.9 Å². The molecule has 2 heterocycles. The molecule has 0 aliphatic carbocycles. The number of amides is 2. The molecule has 0 fully saturated rings. The van der Waals surface area contributed by atoms with Gasteiger partial charge in [-0.3, -0.25) is 4.79 Å². The van der Waals surface area contributed by atoms with E-state index in [0.717, 1.165) is 6.42 Å². The van der Waals surface area contributed by atoms with Crippen LogP contribution in [0.5, 0.6) is 0 Å². The first-order valence-corrected chi connectivity index (χ1v) is 13.1. The highest BCUT2D eigenvalue weighted by molar-refractivity contribution is 5.93. The minimum Gasteiger partial charge on any atom is -0.444 e. The fourth-order valence-corrected chi connectivity index (χ4v) is 3.71. The molecule has 0 saturated carbocycles. The van der Waals surface area contributed by atoms with Crippen LogP contribution in [0.25, 0.3) is 11.0 Å². The summed E-state index contributed by atoms with van der Waals surface area (Å²) in [6.07, 6.45) is 1.99. The summed E-state index contributed by atoms with van der Waals surface area (Å²) in [6, 6.07) is 12.2. The summed E-state index contributed by atoms with van der Waals surface area (Å²) in [4.78, 5) is 36.8. The van der Waals surface area contributed by atoms with Gasteiger partial charge in [0, 0.05) is 23.4 Å². The van der Waals surface area contributed by atoms with Crippen LogP contribution in [0.15, 0.2) is 48.7 Å². The lowest BCUT2D eigenvalue weighted by atomic mass is 10.2. The van der Waals surface area contributed by atoms with E-state index in [-0.39, 0.29) is 6.54 Å². The first-order valence-electron chi connectivity index (χ1n) is 13.1. The lowest BCUT2D eigenvalue weighted by molar-refractivity contribution is 0.0521. The molecule has 4 rings (SSSR count). The molecule has 12 nitrogen and oxygen atoms in total. The molecular formula is C29H33N9O3. The number of hydrogen-bond acceptors (Lipinski definition) is 9. The molecule has 0 aliphatic heterocycles. The van der Waals surface area contributed by atoms with E-state index in [1.807, 2.05) is 18.2 Å². The molecule has 0 unspecified atom stereocenters. The van der Waals surface area contributed by atoms with Gasteiger partial charge < -0.3 is 32.3 Å². The van der Waals surface area contributed by atoms with Gasteiger partial charge in [-0.1, -0.05) is 18.8 Å². The van der Waals surface area contributed by atoms with Gasteiger partial charge in [0.1, 0.15) is 17.2 Å². The van der Waals surface area contributed by atoms with Gasteiger partial charge in [-0.2, -0.15) is 4.98 Å². The molecule has 2 aromatic carbocycles. The van der Waals surface area contributed by atoms with Crippen LogP contribution in [0.3, 0.4) is 0 Å². The third-order valence-corrected chi connectivity index (χ3v) is 5.65. The van der Waals surface area contributed by atoms with E-state index < -0.39 is 17.6 Å². The Morgan fingerprint density at radius 2 is 1.83 bits per heavy atom. The number of nitrogens with one attached hydrogen (secondary N) is 3. The van der Waals surface area contributed by atoms with Crippen molar-refractivity contribution in [1.29, 1.82) is 0 Å². The Hall–Kier alpha value is -5.31. The van der Waals surface area contributed by atoms with E-state index in [4.69, 9.17) is 16.3 Å². The minimum absolute atomic E-state index is 0.112. The van der Waals surface area contributed by atoms with E-state index in [1.165, 1.54) is 4.68 Å². The van der Waals surface area contributed by atoms with Crippen molar-refractivity contribution < 1.29 is 14.3 Å². The van der Waals surface area contributed by atoms with Gasteiger partial charge in [-0.05, 0) is 69.7 Å². The van der Waals surface area contributed by atoms with E-state index >= 15 is 0 Å². The topological polar surface area (TPSA) is 175 Å². The van der Waals surface area contributed by atoms with Gasteiger partial charge in [-0.25, -0.2) is 19.4 Å². The Bertz CT molecular complexity index is 1630. The molecule has 0 spiro atoms. The van der Waals surface area contributed by atoms with Gasteiger partial charge >= 0.3 is 6.09 Å². The quantitative estimate of drug-likeness (QED) is 0.161. The normalized spacial score (nSPS) is 10.9. The molecule has 2 aromatic heterocycles. The predicted molar refractivity (Wildman–Crippen MR) is 158 cm³/mol. The number of primary amides is 1. The molecule has 0 aliphatic rings. The summed E-state index contributed by atoms with van der Waals surface area (Å²) in [7, 11) is 0. The SMILES string of the molecule is CCCNc1nc(Nc2ccc(C(N)=O)cc2)ncc1C#Cc1ccc2nc(CNC(=O)OC(C)(C)C)n(N)c2c1. The lowest BCUT2D eigenvalue weighted by Gasteiger charge is -2.19. The fourth-order valence-electron chi connectivity index (χ4n) is 3.71. The minimum atomic E-state index is -0.603. The molecule has 0 atom stereocenters. The maximum Gasteiger partial charge on any atom is 0.408 e. The summed E-state index contributed by atoms with van der Waals surface area (Å²) in [5, 5.41) is 9.09. The second kappa shape index (κ2) is 12.3. The zero-order chi connectivity index (χ0) is 29.6. The van der Waals surface area contributed by atoms with Crippen molar-refractivity contribution in [2.75, 3.05) is 23.0 Å². The van der Waals surface area contributed by atoms with E-state index in [9.17, 15) is 9.59 Å². The molecule has 0 saturated heterocycles. The largest absolute Gasteiger partial charge is 0.444 e. The molecule has 2 amide bonds. The van der Waals surface area contributed by atoms with Crippen molar-refractivity contribution >= 4 is 40.5 Å². The van der Waals surface area contributed by atoms with Gasteiger partial charge in [0.05, 0.1) is 29.3 Å². The van der Waals surface area contributed by atoms with Gasteiger partial charge in [0.15, 0.2) is 0 Å².